The van der Waals surface area contributed by atoms with E-state index >= 15 is 0 Å². The molecule has 1 aliphatic rings. The van der Waals surface area contributed by atoms with Crippen molar-refractivity contribution in [2.75, 3.05) is 18.5 Å². The molecular weight excluding hydrogens is 240 g/mol. The van der Waals surface area contributed by atoms with Gasteiger partial charge in [0.25, 0.3) is 0 Å². The van der Waals surface area contributed by atoms with Crippen LogP contribution in [0.15, 0.2) is 24.3 Å². The summed E-state index contributed by atoms with van der Waals surface area (Å²) in [6.07, 6.45) is 2.66. The average Bonchev–Trinajstić information content (AvgIpc) is 3.08. The minimum absolute atomic E-state index is 0.342. The predicted molar refractivity (Wildman–Crippen MR) is 74.0 cm³/mol. The van der Waals surface area contributed by atoms with Crippen LogP contribution in [0.25, 0.3) is 11.4 Å². The highest BCUT2D eigenvalue weighted by molar-refractivity contribution is 5.62. The van der Waals surface area contributed by atoms with Gasteiger partial charge in [0.05, 0.1) is 6.10 Å². The summed E-state index contributed by atoms with van der Waals surface area (Å²) in [5.41, 5.74) is 2.09. The Morgan fingerprint density at radius 1 is 1.47 bits per heavy atom. The summed E-state index contributed by atoms with van der Waals surface area (Å²) in [6.45, 7) is 3.65. The Bertz CT molecular complexity index is 546. The summed E-state index contributed by atoms with van der Waals surface area (Å²) < 4.78 is 5.60. The van der Waals surface area contributed by atoms with Gasteiger partial charge >= 0.3 is 0 Å². The maximum absolute atomic E-state index is 5.60. The maximum Gasteiger partial charge on any atom is 0.181 e. The van der Waals surface area contributed by atoms with E-state index in [-0.39, 0.29) is 0 Å². The number of aromatic amines is 1. The molecule has 0 amide bonds. The van der Waals surface area contributed by atoms with Crippen LogP contribution in [0.4, 0.5) is 5.69 Å². The predicted octanol–water partition coefficient (Wildman–Crippen LogP) is 2.37. The largest absolute Gasteiger partial charge is 0.382 e. The van der Waals surface area contributed by atoms with E-state index in [1.807, 2.05) is 19.1 Å². The van der Waals surface area contributed by atoms with Crippen molar-refractivity contribution in [3.8, 4) is 11.4 Å². The Kier molecular flexibility index (Phi) is 3.46. The number of aryl methyl sites for hydroxylation is 1. The second kappa shape index (κ2) is 5.40. The molecule has 1 aliphatic heterocycles. The van der Waals surface area contributed by atoms with Gasteiger partial charge in [-0.2, -0.15) is 5.10 Å². The smallest absolute Gasteiger partial charge is 0.181 e. The molecule has 100 valence electrons. The molecule has 3 rings (SSSR count). The van der Waals surface area contributed by atoms with E-state index in [1.54, 1.807) is 0 Å². The van der Waals surface area contributed by atoms with Crippen LogP contribution in [-0.2, 0) is 4.74 Å². The first kappa shape index (κ1) is 12.2. The molecular formula is C14H18N4O. The van der Waals surface area contributed by atoms with E-state index in [9.17, 15) is 0 Å². The fourth-order valence-corrected chi connectivity index (χ4v) is 2.28. The number of anilines is 1. The molecule has 1 saturated heterocycles. The monoisotopic (exact) mass is 258 g/mol. The normalized spacial score (nSPS) is 18.7. The lowest BCUT2D eigenvalue weighted by Gasteiger charge is -2.12. The lowest BCUT2D eigenvalue weighted by molar-refractivity contribution is 0.120. The molecule has 1 unspecified atom stereocenters. The van der Waals surface area contributed by atoms with Crippen LogP contribution in [0.1, 0.15) is 18.7 Å². The zero-order valence-electron chi connectivity index (χ0n) is 11.0. The van der Waals surface area contributed by atoms with Crippen molar-refractivity contribution in [1.29, 1.82) is 0 Å². The van der Waals surface area contributed by atoms with E-state index in [1.165, 1.54) is 6.42 Å². The topological polar surface area (TPSA) is 62.8 Å². The Hall–Kier alpha value is -1.88. The fourth-order valence-electron chi connectivity index (χ4n) is 2.28. The van der Waals surface area contributed by atoms with E-state index in [0.29, 0.717) is 6.10 Å². The highest BCUT2D eigenvalue weighted by atomic mass is 16.5. The summed E-state index contributed by atoms with van der Waals surface area (Å²) in [4.78, 5) is 4.34. The number of hydrogen-bond donors (Lipinski definition) is 2. The third-order valence-electron chi connectivity index (χ3n) is 3.28. The number of hydrogen-bond acceptors (Lipinski definition) is 4. The summed E-state index contributed by atoms with van der Waals surface area (Å²) in [5.74, 6) is 1.56. The third kappa shape index (κ3) is 2.93. The molecule has 5 heteroatoms. The Morgan fingerprint density at radius 2 is 2.42 bits per heavy atom. The number of rotatable bonds is 4. The number of benzene rings is 1. The van der Waals surface area contributed by atoms with Gasteiger partial charge in [-0.25, -0.2) is 4.98 Å². The fraction of sp³-hybridized carbons (Fsp3) is 0.429. The van der Waals surface area contributed by atoms with E-state index in [2.05, 4.69) is 32.6 Å². The van der Waals surface area contributed by atoms with Gasteiger partial charge in [-0.15, -0.1) is 0 Å². The second-order valence-electron chi connectivity index (χ2n) is 4.84. The first-order valence-corrected chi connectivity index (χ1v) is 6.66. The zero-order valence-corrected chi connectivity index (χ0v) is 11.0. The molecule has 0 aliphatic carbocycles. The van der Waals surface area contributed by atoms with E-state index in [4.69, 9.17) is 4.74 Å². The van der Waals surface area contributed by atoms with Crippen LogP contribution >= 0.6 is 0 Å². The number of nitrogens with zero attached hydrogens (tertiary/aromatic N) is 2. The molecule has 0 radical (unpaired) electrons. The maximum atomic E-state index is 5.60. The quantitative estimate of drug-likeness (QED) is 0.883. The van der Waals surface area contributed by atoms with Gasteiger partial charge < -0.3 is 10.1 Å². The molecule has 0 saturated carbocycles. The summed E-state index contributed by atoms with van der Waals surface area (Å²) >= 11 is 0. The molecule has 2 N–H and O–H groups in total. The van der Waals surface area contributed by atoms with Crippen molar-refractivity contribution < 1.29 is 4.74 Å². The van der Waals surface area contributed by atoms with E-state index < -0.39 is 0 Å². The Labute approximate surface area is 112 Å². The van der Waals surface area contributed by atoms with Gasteiger partial charge in [-0.3, -0.25) is 5.10 Å². The van der Waals surface area contributed by atoms with Gasteiger partial charge in [0.2, 0.25) is 0 Å². The summed E-state index contributed by atoms with van der Waals surface area (Å²) in [5, 5.41) is 10.5. The van der Waals surface area contributed by atoms with Crippen LogP contribution in [0.5, 0.6) is 0 Å². The van der Waals surface area contributed by atoms with Crippen LogP contribution < -0.4 is 5.32 Å². The van der Waals surface area contributed by atoms with Crippen molar-refractivity contribution in [2.45, 2.75) is 25.9 Å². The van der Waals surface area contributed by atoms with Crippen LogP contribution in [0, 0.1) is 6.92 Å². The van der Waals surface area contributed by atoms with Crippen molar-refractivity contribution in [3.63, 3.8) is 0 Å². The molecule has 5 nitrogen and oxygen atoms in total. The number of aromatic nitrogens is 3. The lowest BCUT2D eigenvalue weighted by Crippen LogP contribution is -2.18. The molecule has 0 spiro atoms. The van der Waals surface area contributed by atoms with Gasteiger partial charge in [-0.1, -0.05) is 12.1 Å². The van der Waals surface area contributed by atoms with Crippen molar-refractivity contribution in [3.05, 3.63) is 30.1 Å². The average molecular weight is 258 g/mol. The van der Waals surface area contributed by atoms with Crippen LogP contribution in [-0.4, -0.2) is 34.4 Å². The SMILES string of the molecule is Cc1nc(-c2cccc(NCC3CCCO3)c2)n[nH]1. The Morgan fingerprint density at radius 3 is 3.16 bits per heavy atom. The van der Waals surface area contributed by atoms with Crippen molar-refractivity contribution in [2.24, 2.45) is 0 Å². The lowest BCUT2D eigenvalue weighted by atomic mass is 10.2. The molecule has 1 fully saturated rings. The Balaban J connectivity index is 1.69. The summed E-state index contributed by atoms with van der Waals surface area (Å²) in [6, 6.07) is 8.15. The minimum Gasteiger partial charge on any atom is -0.382 e. The first-order chi connectivity index (χ1) is 9.31. The van der Waals surface area contributed by atoms with Gasteiger partial charge in [0, 0.05) is 24.4 Å². The molecule has 19 heavy (non-hydrogen) atoms. The molecule has 0 bridgehead atoms. The molecule has 2 aromatic rings. The van der Waals surface area contributed by atoms with Gasteiger partial charge in [0.1, 0.15) is 5.82 Å². The van der Waals surface area contributed by atoms with Gasteiger partial charge in [0.15, 0.2) is 5.82 Å². The minimum atomic E-state index is 0.342. The third-order valence-corrected chi connectivity index (χ3v) is 3.28. The molecule has 1 aromatic heterocycles. The van der Waals surface area contributed by atoms with Crippen LogP contribution in [0.3, 0.4) is 0 Å². The molecule has 1 aromatic carbocycles. The highest BCUT2D eigenvalue weighted by Crippen LogP contribution is 2.20. The molecule has 2 heterocycles. The van der Waals surface area contributed by atoms with Gasteiger partial charge in [-0.05, 0) is 31.9 Å². The first-order valence-electron chi connectivity index (χ1n) is 6.66. The number of H-pyrrole nitrogens is 1. The number of ether oxygens (including phenoxy) is 1. The van der Waals surface area contributed by atoms with E-state index in [0.717, 1.165) is 42.5 Å². The van der Waals surface area contributed by atoms with Crippen molar-refractivity contribution >= 4 is 5.69 Å². The standard InChI is InChI=1S/C14H18N4O/c1-10-16-14(18-17-10)11-4-2-5-12(8-11)15-9-13-6-3-7-19-13/h2,4-5,8,13,15H,3,6-7,9H2,1H3,(H,16,17,18). The number of nitrogens with one attached hydrogen (secondary N) is 2. The van der Waals surface area contributed by atoms with Crippen molar-refractivity contribution in [1.82, 2.24) is 15.2 Å². The summed E-state index contributed by atoms with van der Waals surface area (Å²) in [7, 11) is 0. The van der Waals surface area contributed by atoms with Crippen LogP contribution in [0.2, 0.25) is 0 Å². The zero-order chi connectivity index (χ0) is 13.1. The molecule has 1 atom stereocenters. The highest BCUT2D eigenvalue weighted by Gasteiger charge is 2.14. The second-order valence-corrected chi connectivity index (χ2v) is 4.84.